The van der Waals surface area contributed by atoms with Crippen molar-refractivity contribution in [3.63, 3.8) is 0 Å². The molecule has 6 nitrogen and oxygen atoms in total. The molecule has 144 valence electrons. The van der Waals surface area contributed by atoms with E-state index in [0.29, 0.717) is 22.9 Å². The summed E-state index contributed by atoms with van der Waals surface area (Å²) in [5.74, 6) is -1.84. The third-order valence-electron chi connectivity index (χ3n) is 4.38. The Labute approximate surface area is 162 Å². The average Bonchev–Trinajstić information content (AvgIpc) is 2.72. The first-order valence-corrected chi connectivity index (χ1v) is 8.62. The van der Waals surface area contributed by atoms with Gasteiger partial charge in [0.25, 0.3) is 5.78 Å². The lowest BCUT2D eigenvalue weighted by Gasteiger charge is -2.18. The highest BCUT2D eigenvalue weighted by Gasteiger charge is 2.24. The molecule has 0 aliphatic rings. The molecule has 3 rings (SSSR count). The number of fused-ring (bicyclic) bond motifs is 1. The fraction of sp³-hybridized carbons (Fsp3) is 0.182. The Balaban J connectivity index is 2.29. The number of carboxylic acids is 1. The van der Waals surface area contributed by atoms with Crippen LogP contribution in [0.25, 0.3) is 10.8 Å². The lowest BCUT2D eigenvalue weighted by Crippen LogP contribution is -2.14. The van der Waals surface area contributed by atoms with Gasteiger partial charge in [0.05, 0.1) is 7.11 Å². The molecule has 1 N–H and O–H groups in total. The van der Waals surface area contributed by atoms with E-state index in [-0.39, 0.29) is 18.1 Å². The smallest absolute Gasteiger partial charge is 0.377 e. The van der Waals surface area contributed by atoms with Crippen molar-refractivity contribution in [1.82, 2.24) is 0 Å². The van der Waals surface area contributed by atoms with Gasteiger partial charge < -0.3 is 19.3 Å². The fourth-order valence-electron chi connectivity index (χ4n) is 3.17. The molecule has 0 aromatic heterocycles. The van der Waals surface area contributed by atoms with Crippen LogP contribution < -0.4 is 9.47 Å². The van der Waals surface area contributed by atoms with E-state index in [0.717, 1.165) is 11.1 Å². The van der Waals surface area contributed by atoms with Crippen LogP contribution in [0.2, 0.25) is 0 Å². The van der Waals surface area contributed by atoms with E-state index >= 15 is 0 Å². The topological polar surface area (TPSA) is 82.1 Å². The zero-order valence-corrected chi connectivity index (χ0v) is 15.6. The SMILES string of the molecule is COCOc1c(OC)cc(C(=O)C(=O)O)c2cccc(Cc3ccccc3)c12. The van der Waals surface area contributed by atoms with Crippen molar-refractivity contribution in [2.24, 2.45) is 0 Å². The molecule has 0 aliphatic carbocycles. The Morgan fingerprint density at radius 3 is 2.39 bits per heavy atom. The minimum Gasteiger partial charge on any atom is -0.493 e. The Bertz CT molecular complexity index is 1010. The Kier molecular flexibility index (Phi) is 5.91. The van der Waals surface area contributed by atoms with Crippen LogP contribution in [0.15, 0.2) is 54.6 Å². The highest BCUT2D eigenvalue weighted by Crippen LogP contribution is 2.41. The van der Waals surface area contributed by atoms with Gasteiger partial charge in [0, 0.05) is 18.1 Å². The minimum atomic E-state index is -1.53. The highest BCUT2D eigenvalue weighted by atomic mass is 16.7. The van der Waals surface area contributed by atoms with Crippen molar-refractivity contribution >= 4 is 22.5 Å². The Morgan fingerprint density at radius 2 is 1.75 bits per heavy atom. The number of benzene rings is 3. The summed E-state index contributed by atoms with van der Waals surface area (Å²) in [6.07, 6.45) is 0.579. The maximum absolute atomic E-state index is 12.3. The van der Waals surface area contributed by atoms with Crippen LogP contribution in [0.5, 0.6) is 11.5 Å². The highest BCUT2D eigenvalue weighted by molar-refractivity contribution is 6.42. The van der Waals surface area contributed by atoms with E-state index in [4.69, 9.17) is 14.2 Å². The molecule has 0 saturated heterocycles. The van der Waals surface area contributed by atoms with Gasteiger partial charge in [-0.3, -0.25) is 4.79 Å². The molecule has 0 heterocycles. The summed E-state index contributed by atoms with van der Waals surface area (Å²) in [4.78, 5) is 23.6. The van der Waals surface area contributed by atoms with Crippen molar-refractivity contribution in [1.29, 1.82) is 0 Å². The molecule has 0 fully saturated rings. The van der Waals surface area contributed by atoms with Crippen molar-refractivity contribution in [2.45, 2.75) is 6.42 Å². The molecular formula is C22H20O6. The number of Topliss-reactive ketones (excluding diaryl/α,β-unsaturated/α-hetero) is 1. The molecule has 0 amide bonds. The minimum absolute atomic E-state index is 0.0165. The molecule has 0 bridgehead atoms. The third kappa shape index (κ3) is 3.82. The van der Waals surface area contributed by atoms with Crippen LogP contribution in [0.4, 0.5) is 0 Å². The largest absolute Gasteiger partial charge is 0.493 e. The summed E-state index contributed by atoms with van der Waals surface area (Å²) in [6.45, 7) is -0.0165. The molecule has 3 aromatic carbocycles. The third-order valence-corrected chi connectivity index (χ3v) is 4.38. The molecule has 28 heavy (non-hydrogen) atoms. The zero-order valence-electron chi connectivity index (χ0n) is 15.6. The number of hydrogen-bond acceptors (Lipinski definition) is 5. The molecule has 0 aliphatic heterocycles. The number of ketones is 1. The van der Waals surface area contributed by atoms with Crippen LogP contribution in [0.3, 0.4) is 0 Å². The summed E-state index contributed by atoms with van der Waals surface area (Å²) in [7, 11) is 2.94. The number of carboxylic acid groups (broad SMARTS) is 1. The van der Waals surface area contributed by atoms with Gasteiger partial charge in [0.1, 0.15) is 0 Å². The summed E-state index contributed by atoms with van der Waals surface area (Å²) < 4.78 is 16.2. The molecule has 6 heteroatoms. The summed E-state index contributed by atoms with van der Waals surface area (Å²) in [6, 6.07) is 16.7. The quantitative estimate of drug-likeness (QED) is 0.365. The number of ether oxygens (including phenoxy) is 3. The number of carbonyl (C=O) groups excluding carboxylic acids is 1. The maximum Gasteiger partial charge on any atom is 0.377 e. The Hall–Kier alpha value is -3.38. The molecule has 0 saturated carbocycles. The van der Waals surface area contributed by atoms with Gasteiger partial charge in [-0.05, 0) is 29.0 Å². The van der Waals surface area contributed by atoms with Crippen molar-refractivity contribution < 1.29 is 28.9 Å². The number of hydrogen-bond donors (Lipinski definition) is 1. The fourth-order valence-corrected chi connectivity index (χ4v) is 3.17. The van der Waals surface area contributed by atoms with Crippen LogP contribution in [0, 0.1) is 0 Å². The van der Waals surface area contributed by atoms with Gasteiger partial charge in [0.2, 0.25) is 0 Å². The Morgan fingerprint density at radius 1 is 1.00 bits per heavy atom. The zero-order chi connectivity index (χ0) is 20.1. The van der Waals surface area contributed by atoms with Crippen LogP contribution in [-0.2, 0) is 16.0 Å². The summed E-state index contributed by atoms with van der Waals surface area (Å²) >= 11 is 0. The standard InChI is InChI=1S/C22H20O6/c1-26-13-28-21-18(27-2)12-17(20(23)22(24)25)16-10-6-9-15(19(16)21)11-14-7-4-3-5-8-14/h3-10,12H,11,13H2,1-2H3,(H,24,25). The maximum atomic E-state index is 12.3. The molecule has 3 aromatic rings. The van der Waals surface area contributed by atoms with E-state index in [9.17, 15) is 14.7 Å². The first kappa shape index (κ1) is 19.4. The molecular weight excluding hydrogens is 360 g/mol. The van der Waals surface area contributed by atoms with Gasteiger partial charge in [-0.2, -0.15) is 0 Å². The van der Waals surface area contributed by atoms with Gasteiger partial charge in [-0.25, -0.2) is 4.79 Å². The number of methoxy groups -OCH3 is 2. The molecule has 0 unspecified atom stereocenters. The summed E-state index contributed by atoms with van der Waals surface area (Å²) in [5.41, 5.74) is 2.01. The predicted molar refractivity (Wildman–Crippen MR) is 104 cm³/mol. The summed E-state index contributed by atoms with van der Waals surface area (Å²) in [5, 5.41) is 10.4. The van der Waals surface area contributed by atoms with E-state index in [1.54, 1.807) is 12.1 Å². The first-order valence-electron chi connectivity index (χ1n) is 8.62. The number of rotatable bonds is 8. The van der Waals surface area contributed by atoms with E-state index in [2.05, 4.69) is 0 Å². The number of carbonyl (C=O) groups is 2. The second-order valence-corrected chi connectivity index (χ2v) is 6.14. The van der Waals surface area contributed by atoms with Crippen LogP contribution >= 0.6 is 0 Å². The van der Waals surface area contributed by atoms with Gasteiger partial charge >= 0.3 is 5.97 Å². The lowest BCUT2D eigenvalue weighted by molar-refractivity contribution is -0.131. The molecule has 0 radical (unpaired) electrons. The number of aliphatic carboxylic acids is 1. The van der Waals surface area contributed by atoms with Crippen molar-refractivity contribution in [2.75, 3.05) is 21.0 Å². The van der Waals surface area contributed by atoms with Gasteiger partial charge in [-0.15, -0.1) is 0 Å². The lowest BCUT2D eigenvalue weighted by atomic mass is 9.93. The van der Waals surface area contributed by atoms with Gasteiger partial charge in [0.15, 0.2) is 18.3 Å². The molecule has 0 atom stereocenters. The van der Waals surface area contributed by atoms with Gasteiger partial charge in [-0.1, -0.05) is 48.5 Å². The average molecular weight is 380 g/mol. The van der Waals surface area contributed by atoms with Crippen LogP contribution in [-0.4, -0.2) is 37.9 Å². The monoisotopic (exact) mass is 380 g/mol. The second kappa shape index (κ2) is 8.54. The van der Waals surface area contributed by atoms with Crippen molar-refractivity contribution in [3.8, 4) is 11.5 Å². The van der Waals surface area contributed by atoms with Crippen LogP contribution in [0.1, 0.15) is 21.5 Å². The second-order valence-electron chi connectivity index (χ2n) is 6.14. The van der Waals surface area contributed by atoms with E-state index < -0.39 is 11.8 Å². The predicted octanol–water partition coefficient (Wildman–Crippen LogP) is 3.69. The van der Waals surface area contributed by atoms with Crippen molar-refractivity contribution in [3.05, 3.63) is 71.3 Å². The normalized spacial score (nSPS) is 10.6. The molecule has 0 spiro atoms. The first-order chi connectivity index (χ1) is 13.6. The van der Waals surface area contributed by atoms with E-state index in [1.165, 1.54) is 20.3 Å². The van der Waals surface area contributed by atoms with E-state index in [1.807, 2.05) is 36.4 Å².